The standard InChI is InChI=1S/C30H33ClN4O8S/c1-18-14-35(19(2)16-36)29(37)24-12-22(33-44(39,40)23-8-4-20(31)5-9-23)7-10-25(24)43-28(18)15-34(3)30(38)32-21-6-11-26-27(13-21)42-17-41-26/h4-13,18-19,28,33,36H,14-17H2,1-3H3,(H,32,38)/t18-,19+,28-/m0/s1. The van der Waals surface area contributed by atoms with E-state index in [4.69, 9.17) is 25.8 Å². The molecular weight excluding hydrogens is 612 g/mol. The number of aliphatic hydroxyl groups is 1. The lowest BCUT2D eigenvalue weighted by Gasteiger charge is -2.38. The second-order valence-electron chi connectivity index (χ2n) is 10.8. The summed E-state index contributed by atoms with van der Waals surface area (Å²) < 4.78 is 45.5. The first-order chi connectivity index (χ1) is 20.9. The first-order valence-corrected chi connectivity index (χ1v) is 15.7. The molecule has 3 atom stereocenters. The van der Waals surface area contributed by atoms with Crippen LogP contribution in [0, 0.1) is 5.92 Å². The summed E-state index contributed by atoms with van der Waals surface area (Å²) in [6.45, 7) is 3.85. The van der Waals surface area contributed by atoms with Gasteiger partial charge in [-0.25, -0.2) is 13.2 Å². The SMILES string of the molecule is C[C@H](CO)N1C[C@H](C)[C@H](CN(C)C(=O)Nc2ccc3c(c2)OCO3)Oc2ccc(NS(=O)(=O)c3ccc(Cl)cc3)cc2C1=O. The van der Waals surface area contributed by atoms with Crippen LogP contribution < -0.4 is 24.2 Å². The Morgan fingerprint density at radius 1 is 1.07 bits per heavy atom. The summed E-state index contributed by atoms with van der Waals surface area (Å²) in [7, 11) is -2.35. The third-order valence-electron chi connectivity index (χ3n) is 7.47. The van der Waals surface area contributed by atoms with Gasteiger partial charge >= 0.3 is 6.03 Å². The molecule has 234 valence electrons. The molecule has 5 rings (SSSR count). The number of fused-ring (bicyclic) bond motifs is 2. The summed E-state index contributed by atoms with van der Waals surface area (Å²) in [5, 5.41) is 13.2. The van der Waals surface area contributed by atoms with Gasteiger partial charge in [0.25, 0.3) is 15.9 Å². The van der Waals surface area contributed by atoms with Gasteiger partial charge in [-0.2, -0.15) is 0 Å². The monoisotopic (exact) mass is 644 g/mol. The number of benzene rings is 3. The number of carbonyl (C=O) groups is 2. The fourth-order valence-electron chi connectivity index (χ4n) is 4.88. The van der Waals surface area contributed by atoms with Crippen molar-refractivity contribution in [1.29, 1.82) is 0 Å². The number of aliphatic hydroxyl groups excluding tert-OH is 1. The van der Waals surface area contributed by atoms with Gasteiger partial charge in [0.2, 0.25) is 6.79 Å². The second-order valence-corrected chi connectivity index (χ2v) is 12.9. The zero-order chi connectivity index (χ0) is 31.6. The molecule has 3 aromatic rings. The normalized spacial score (nSPS) is 18.4. The summed E-state index contributed by atoms with van der Waals surface area (Å²) in [4.78, 5) is 29.8. The van der Waals surface area contributed by atoms with Gasteiger partial charge in [-0.1, -0.05) is 18.5 Å². The van der Waals surface area contributed by atoms with Crippen LogP contribution in [0.2, 0.25) is 5.02 Å². The predicted octanol–water partition coefficient (Wildman–Crippen LogP) is 4.25. The minimum Gasteiger partial charge on any atom is -0.487 e. The van der Waals surface area contributed by atoms with Crippen molar-refractivity contribution >= 4 is 44.9 Å². The number of rotatable bonds is 8. The van der Waals surface area contributed by atoms with E-state index in [0.717, 1.165) is 0 Å². The summed E-state index contributed by atoms with van der Waals surface area (Å²) in [6.07, 6.45) is -0.556. The molecule has 0 radical (unpaired) electrons. The number of amides is 3. The van der Waals surface area contributed by atoms with Crippen molar-refractivity contribution in [3.8, 4) is 17.2 Å². The maximum atomic E-state index is 13.7. The number of likely N-dealkylation sites (N-methyl/N-ethyl adjacent to an activating group) is 1. The highest BCUT2D eigenvalue weighted by Crippen LogP contribution is 2.35. The number of sulfonamides is 1. The lowest BCUT2D eigenvalue weighted by atomic mass is 9.99. The number of carbonyl (C=O) groups excluding carboxylic acids is 2. The number of halogens is 1. The fraction of sp³-hybridized carbons (Fsp3) is 0.333. The highest BCUT2D eigenvalue weighted by molar-refractivity contribution is 7.92. The zero-order valence-electron chi connectivity index (χ0n) is 24.3. The third kappa shape index (κ3) is 6.79. The van der Waals surface area contributed by atoms with E-state index in [9.17, 15) is 23.1 Å². The zero-order valence-corrected chi connectivity index (χ0v) is 25.9. The molecule has 2 heterocycles. The number of hydrogen-bond donors (Lipinski definition) is 3. The van der Waals surface area contributed by atoms with Crippen molar-refractivity contribution < 1.29 is 37.3 Å². The molecule has 14 heteroatoms. The van der Waals surface area contributed by atoms with E-state index in [2.05, 4.69) is 10.0 Å². The molecule has 44 heavy (non-hydrogen) atoms. The van der Waals surface area contributed by atoms with Crippen molar-refractivity contribution in [3.63, 3.8) is 0 Å². The molecule has 12 nitrogen and oxygen atoms in total. The molecule has 0 fully saturated rings. The first-order valence-electron chi connectivity index (χ1n) is 13.9. The highest BCUT2D eigenvalue weighted by Gasteiger charge is 2.34. The summed E-state index contributed by atoms with van der Waals surface area (Å²) in [5.74, 6) is 0.694. The third-order valence-corrected chi connectivity index (χ3v) is 9.11. The second kappa shape index (κ2) is 12.8. The molecule has 2 aliphatic heterocycles. The number of anilines is 2. The van der Waals surface area contributed by atoms with Crippen LogP contribution in [0.25, 0.3) is 0 Å². The Morgan fingerprint density at radius 2 is 1.75 bits per heavy atom. The molecule has 0 aliphatic carbocycles. The first kappa shape index (κ1) is 31.2. The topological polar surface area (TPSA) is 147 Å². The van der Waals surface area contributed by atoms with Crippen LogP contribution in [0.5, 0.6) is 17.2 Å². The van der Waals surface area contributed by atoms with Crippen molar-refractivity contribution in [3.05, 3.63) is 71.2 Å². The van der Waals surface area contributed by atoms with E-state index in [1.807, 2.05) is 6.92 Å². The van der Waals surface area contributed by atoms with Gasteiger partial charge in [0.15, 0.2) is 11.5 Å². The maximum absolute atomic E-state index is 13.7. The average Bonchev–Trinajstić information content (AvgIpc) is 3.47. The molecule has 0 aromatic heterocycles. The van der Waals surface area contributed by atoms with Crippen LogP contribution in [-0.4, -0.2) is 80.9 Å². The predicted molar refractivity (Wildman–Crippen MR) is 164 cm³/mol. The van der Waals surface area contributed by atoms with Gasteiger partial charge in [0.1, 0.15) is 11.9 Å². The van der Waals surface area contributed by atoms with Gasteiger partial charge in [-0.05, 0) is 61.5 Å². The Hall–Kier alpha value is -4.20. The van der Waals surface area contributed by atoms with Crippen molar-refractivity contribution in [2.45, 2.75) is 30.9 Å². The van der Waals surface area contributed by atoms with Crippen LogP contribution in [0.15, 0.2) is 65.6 Å². The van der Waals surface area contributed by atoms with Gasteiger partial charge in [0.05, 0.1) is 29.7 Å². The van der Waals surface area contributed by atoms with Crippen LogP contribution >= 0.6 is 11.6 Å². The van der Waals surface area contributed by atoms with Crippen LogP contribution in [0.3, 0.4) is 0 Å². The van der Waals surface area contributed by atoms with E-state index >= 15 is 0 Å². The minimum absolute atomic E-state index is 0.00250. The van der Waals surface area contributed by atoms with E-state index in [0.29, 0.717) is 22.2 Å². The number of nitrogens with zero attached hydrogens (tertiary/aromatic N) is 2. The molecule has 0 unspecified atom stereocenters. The van der Waals surface area contributed by atoms with Crippen LogP contribution in [-0.2, 0) is 10.0 Å². The Kier molecular flexibility index (Phi) is 9.09. The lowest BCUT2D eigenvalue weighted by molar-refractivity contribution is 0.0371. The van der Waals surface area contributed by atoms with E-state index in [1.165, 1.54) is 52.3 Å². The Morgan fingerprint density at radius 3 is 2.48 bits per heavy atom. The maximum Gasteiger partial charge on any atom is 0.321 e. The molecule has 3 aromatic carbocycles. The van der Waals surface area contributed by atoms with E-state index in [-0.39, 0.29) is 60.3 Å². The Bertz CT molecular complexity index is 1650. The fourth-order valence-corrected chi connectivity index (χ4v) is 6.05. The van der Waals surface area contributed by atoms with Crippen molar-refractivity contribution in [2.75, 3.05) is 43.6 Å². The number of nitrogens with one attached hydrogen (secondary N) is 2. The lowest BCUT2D eigenvalue weighted by Crippen LogP contribution is -2.50. The largest absolute Gasteiger partial charge is 0.487 e. The van der Waals surface area contributed by atoms with Crippen molar-refractivity contribution in [2.24, 2.45) is 5.92 Å². The number of ether oxygens (including phenoxy) is 3. The van der Waals surface area contributed by atoms with E-state index < -0.39 is 28.1 Å². The van der Waals surface area contributed by atoms with Gasteiger partial charge < -0.3 is 34.4 Å². The summed E-state index contributed by atoms with van der Waals surface area (Å²) >= 11 is 5.90. The molecule has 0 saturated heterocycles. The average molecular weight is 645 g/mol. The highest BCUT2D eigenvalue weighted by atomic mass is 35.5. The minimum atomic E-state index is -3.98. The van der Waals surface area contributed by atoms with Gasteiger partial charge in [-0.3, -0.25) is 9.52 Å². The number of urea groups is 1. The Labute approximate surface area is 260 Å². The molecule has 3 N–H and O–H groups in total. The molecule has 0 bridgehead atoms. The van der Waals surface area contributed by atoms with Crippen LogP contribution in [0.4, 0.5) is 16.2 Å². The van der Waals surface area contributed by atoms with Crippen molar-refractivity contribution in [1.82, 2.24) is 9.80 Å². The summed E-state index contributed by atoms with van der Waals surface area (Å²) in [5.41, 5.74) is 0.800. The molecule has 2 aliphatic rings. The quantitative estimate of drug-likeness (QED) is 0.330. The molecule has 3 amide bonds. The molecule has 0 spiro atoms. The smallest absolute Gasteiger partial charge is 0.321 e. The number of hydrogen-bond acceptors (Lipinski definition) is 8. The molecule has 0 saturated carbocycles. The Balaban J connectivity index is 1.38. The van der Waals surface area contributed by atoms with Gasteiger partial charge in [0, 0.05) is 42.0 Å². The molecular formula is C30H33ClN4O8S. The van der Waals surface area contributed by atoms with Gasteiger partial charge in [-0.15, -0.1) is 0 Å². The van der Waals surface area contributed by atoms with Crippen LogP contribution in [0.1, 0.15) is 24.2 Å². The summed E-state index contributed by atoms with van der Waals surface area (Å²) in [6, 6.07) is 14.3. The van der Waals surface area contributed by atoms with E-state index in [1.54, 1.807) is 32.2 Å².